The fraction of sp³-hybridized carbons (Fsp3) is 0.220. The summed E-state index contributed by atoms with van der Waals surface area (Å²) >= 11 is 0. The zero-order chi connectivity index (χ0) is 32.1. The molecule has 0 spiro atoms. The maximum atomic E-state index is 6.40. The van der Waals surface area contributed by atoms with Crippen LogP contribution in [0.25, 0.3) is 44.4 Å². The standard InChI is InChI=1S/C41H37N5O.Pt/c1-27(2)30-16-17-42-40(22-30)46-38-13-6-5-12-36(38)37-15-14-35(24-39(37)46)47-34-11-9-10-32(23-34)45-26-31(25-43-45)41-28(3)20-33(21-29(41)4)44-18-7-8-19-44;/h5-6,9-17,20-22,25-27H,7-8,18-19H2,1-4H3;/q-2;+2. The Bertz CT molecular complexity index is 2240. The van der Waals surface area contributed by atoms with Crippen LogP contribution in [0.3, 0.4) is 0 Å². The van der Waals surface area contributed by atoms with Crippen molar-refractivity contribution in [2.75, 3.05) is 18.0 Å². The molecule has 1 fully saturated rings. The molecule has 48 heavy (non-hydrogen) atoms. The van der Waals surface area contributed by atoms with E-state index < -0.39 is 0 Å². The summed E-state index contributed by atoms with van der Waals surface area (Å²) in [6.45, 7) is 11.1. The molecule has 3 aromatic heterocycles. The number of hydrogen-bond acceptors (Lipinski definition) is 4. The van der Waals surface area contributed by atoms with Crippen molar-refractivity contribution in [3.8, 4) is 34.1 Å². The number of pyridine rings is 1. The van der Waals surface area contributed by atoms with E-state index in [1.807, 2.05) is 41.3 Å². The summed E-state index contributed by atoms with van der Waals surface area (Å²) in [7, 11) is 0. The second kappa shape index (κ2) is 13.1. The molecule has 0 bridgehead atoms. The molecule has 242 valence electrons. The van der Waals surface area contributed by atoms with Gasteiger partial charge in [0.05, 0.1) is 6.20 Å². The number of nitrogens with zero attached hydrogens (tertiary/aromatic N) is 5. The molecule has 6 nitrogen and oxygen atoms in total. The monoisotopic (exact) mass is 810 g/mol. The van der Waals surface area contributed by atoms with Gasteiger partial charge in [0.15, 0.2) is 0 Å². The van der Waals surface area contributed by atoms with E-state index in [1.165, 1.54) is 40.8 Å². The molecule has 0 atom stereocenters. The zero-order valence-corrected chi connectivity index (χ0v) is 29.9. The van der Waals surface area contributed by atoms with Gasteiger partial charge in [0.1, 0.15) is 5.82 Å². The molecule has 0 amide bonds. The summed E-state index contributed by atoms with van der Waals surface area (Å²) in [6.07, 6.45) is 8.45. The molecule has 0 aliphatic carbocycles. The molecule has 0 radical (unpaired) electrons. The van der Waals surface area contributed by atoms with Crippen LogP contribution in [0.5, 0.6) is 11.5 Å². The Kier molecular flexibility index (Phi) is 8.70. The number of fused-ring (bicyclic) bond motifs is 3. The van der Waals surface area contributed by atoms with Crippen molar-refractivity contribution in [2.45, 2.75) is 46.5 Å². The van der Waals surface area contributed by atoms with Gasteiger partial charge in [-0.1, -0.05) is 37.6 Å². The normalized spacial score (nSPS) is 13.1. The van der Waals surface area contributed by atoms with Gasteiger partial charge in [0, 0.05) is 53.7 Å². The van der Waals surface area contributed by atoms with Crippen molar-refractivity contribution in [3.63, 3.8) is 0 Å². The van der Waals surface area contributed by atoms with Crippen LogP contribution in [-0.4, -0.2) is 32.4 Å². The average Bonchev–Trinajstić information content (AvgIpc) is 3.85. The average molecular weight is 811 g/mol. The van der Waals surface area contributed by atoms with E-state index in [0.717, 1.165) is 52.0 Å². The van der Waals surface area contributed by atoms with Gasteiger partial charge < -0.3 is 14.2 Å². The fourth-order valence-corrected chi connectivity index (χ4v) is 6.97. The number of benzene rings is 4. The van der Waals surface area contributed by atoms with Crippen LogP contribution < -0.4 is 9.64 Å². The van der Waals surface area contributed by atoms with E-state index in [9.17, 15) is 0 Å². The van der Waals surface area contributed by atoms with Crippen molar-refractivity contribution in [2.24, 2.45) is 0 Å². The van der Waals surface area contributed by atoms with Crippen molar-refractivity contribution >= 4 is 27.5 Å². The van der Waals surface area contributed by atoms with Gasteiger partial charge in [-0.2, -0.15) is 17.2 Å². The quantitative estimate of drug-likeness (QED) is 0.151. The van der Waals surface area contributed by atoms with Crippen LogP contribution in [0.15, 0.2) is 97.5 Å². The van der Waals surface area contributed by atoms with Gasteiger partial charge in [0.25, 0.3) is 0 Å². The van der Waals surface area contributed by atoms with Crippen molar-refractivity contribution in [1.29, 1.82) is 0 Å². The number of ether oxygens (including phenoxy) is 1. The Labute approximate surface area is 296 Å². The topological polar surface area (TPSA) is 48.1 Å². The molecule has 0 saturated carbocycles. The molecular weight excluding hydrogens is 774 g/mol. The number of anilines is 1. The van der Waals surface area contributed by atoms with Crippen LogP contribution in [-0.2, 0) is 21.1 Å². The maximum absolute atomic E-state index is 6.40. The fourth-order valence-electron chi connectivity index (χ4n) is 6.97. The first kappa shape index (κ1) is 31.9. The summed E-state index contributed by atoms with van der Waals surface area (Å²) in [4.78, 5) is 7.25. The third kappa shape index (κ3) is 5.83. The molecule has 7 heteroatoms. The van der Waals surface area contributed by atoms with Crippen LogP contribution in [0.2, 0.25) is 0 Å². The van der Waals surface area contributed by atoms with Crippen LogP contribution in [0, 0.1) is 26.0 Å². The van der Waals surface area contributed by atoms with Gasteiger partial charge in [-0.15, -0.1) is 35.7 Å². The second-order valence-corrected chi connectivity index (χ2v) is 12.9. The molecule has 0 N–H and O–H groups in total. The molecule has 0 unspecified atom stereocenters. The number of aromatic nitrogens is 4. The van der Waals surface area contributed by atoms with Gasteiger partial charge in [-0.3, -0.25) is 4.68 Å². The van der Waals surface area contributed by atoms with E-state index in [4.69, 9.17) is 14.8 Å². The van der Waals surface area contributed by atoms with E-state index in [2.05, 4.69) is 110 Å². The van der Waals surface area contributed by atoms with Crippen molar-refractivity contribution in [1.82, 2.24) is 19.3 Å². The first-order chi connectivity index (χ1) is 22.9. The molecule has 4 aromatic carbocycles. The Hall–Kier alpha value is -4.67. The number of rotatable bonds is 7. The van der Waals surface area contributed by atoms with Crippen molar-refractivity contribution in [3.05, 3.63) is 126 Å². The largest absolute Gasteiger partial charge is 2.00 e. The summed E-state index contributed by atoms with van der Waals surface area (Å²) in [5.74, 6) is 2.48. The molecule has 1 saturated heterocycles. The zero-order valence-electron chi connectivity index (χ0n) is 27.6. The van der Waals surface area contributed by atoms with E-state index in [-0.39, 0.29) is 21.1 Å². The SMILES string of the molecule is Cc1cc(N2CCCC2)cc(C)c1-c1cnn(-c2[c-]c(Oc3[c-]c4c(cc3)c3ccccc3n4-c3cc(C(C)C)ccn3)ccc2)c1.[Pt+2]. The summed E-state index contributed by atoms with van der Waals surface area (Å²) in [5, 5.41) is 6.98. The first-order valence-electron chi connectivity index (χ1n) is 16.5. The smallest absolute Gasteiger partial charge is 0.509 e. The predicted molar refractivity (Wildman–Crippen MR) is 190 cm³/mol. The van der Waals surface area contributed by atoms with Gasteiger partial charge in [0.2, 0.25) is 0 Å². The van der Waals surface area contributed by atoms with Crippen LogP contribution >= 0.6 is 0 Å². The second-order valence-electron chi connectivity index (χ2n) is 12.9. The third-order valence-corrected chi connectivity index (χ3v) is 9.30. The Morgan fingerprint density at radius 1 is 0.812 bits per heavy atom. The first-order valence-corrected chi connectivity index (χ1v) is 16.5. The summed E-state index contributed by atoms with van der Waals surface area (Å²) in [5.41, 5.74) is 10.2. The van der Waals surface area contributed by atoms with Crippen LogP contribution in [0.4, 0.5) is 5.69 Å². The van der Waals surface area contributed by atoms with E-state index in [1.54, 1.807) is 0 Å². The number of hydrogen-bond donors (Lipinski definition) is 0. The van der Waals surface area contributed by atoms with Gasteiger partial charge in [-0.25, -0.2) is 4.98 Å². The van der Waals surface area contributed by atoms with E-state index in [0.29, 0.717) is 17.4 Å². The third-order valence-electron chi connectivity index (χ3n) is 9.30. The Morgan fingerprint density at radius 2 is 1.58 bits per heavy atom. The summed E-state index contributed by atoms with van der Waals surface area (Å²) in [6, 6.07) is 34.2. The minimum absolute atomic E-state index is 0. The molecule has 8 rings (SSSR count). The van der Waals surface area contributed by atoms with Gasteiger partial charge >= 0.3 is 21.1 Å². The minimum atomic E-state index is 0. The number of para-hydroxylation sites is 1. The molecular formula is C41H37N5OPt. The van der Waals surface area contributed by atoms with Gasteiger partial charge in [-0.05, 0) is 96.3 Å². The summed E-state index contributed by atoms with van der Waals surface area (Å²) < 4.78 is 10.4. The predicted octanol–water partition coefficient (Wildman–Crippen LogP) is 9.76. The molecule has 7 aromatic rings. The minimum Gasteiger partial charge on any atom is -0.509 e. The molecule has 4 heterocycles. The van der Waals surface area contributed by atoms with Crippen LogP contribution in [0.1, 0.15) is 49.3 Å². The molecule has 1 aliphatic rings. The number of aryl methyl sites for hydroxylation is 2. The Morgan fingerprint density at radius 3 is 2.38 bits per heavy atom. The van der Waals surface area contributed by atoms with Crippen molar-refractivity contribution < 1.29 is 25.8 Å². The Balaban J connectivity index is 0.00000364. The maximum Gasteiger partial charge on any atom is 2.00 e. The molecule has 1 aliphatic heterocycles. The van der Waals surface area contributed by atoms with E-state index >= 15 is 0 Å².